The fourth-order valence-corrected chi connectivity index (χ4v) is 2.25. The lowest BCUT2D eigenvalue weighted by molar-refractivity contribution is 0.541. The van der Waals surface area contributed by atoms with Crippen molar-refractivity contribution < 1.29 is 0 Å². The first kappa shape index (κ1) is 12.5. The van der Waals surface area contributed by atoms with Crippen LogP contribution in [0.15, 0.2) is 30.5 Å². The third-order valence-corrected chi connectivity index (χ3v) is 3.22. The van der Waals surface area contributed by atoms with Crippen molar-refractivity contribution >= 4 is 22.5 Å². The maximum absolute atomic E-state index is 6.15. The summed E-state index contributed by atoms with van der Waals surface area (Å²) in [5.74, 6) is 0. The highest BCUT2D eigenvalue weighted by atomic mass is 35.5. The van der Waals surface area contributed by atoms with E-state index in [1.54, 1.807) is 0 Å². The van der Waals surface area contributed by atoms with Crippen molar-refractivity contribution in [1.29, 1.82) is 0 Å². The molecular weight excluding hydrogens is 232 g/mol. The van der Waals surface area contributed by atoms with Crippen LogP contribution in [-0.4, -0.2) is 17.2 Å². The van der Waals surface area contributed by atoms with E-state index in [2.05, 4.69) is 42.1 Å². The van der Waals surface area contributed by atoms with Gasteiger partial charge in [0.25, 0.3) is 0 Å². The quantitative estimate of drug-likeness (QED) is 0.801. The minimum Gasteiger partial charge on any atom is -0.347 e. The summed E-state index contributed by atoms with van der Waals surface area (Å²) >= 11 is 6.15. The summed E-state index contributed by atoms with van der Waals surface area (Å²) in [6, 6.07) is 8.72. The third kappa shape index (κ3) is 3.02. The molecule has 2 nitrogen and oxygen atoms in total. The summed E-state index contributed by atoms with van der Waals surface area (Å²) in [4.78, 5) is 0. The minimum absolute atomic E-state index is 0.561. The second kappa shape index (κ2) is 5.56. The number of nitrogens with zero attached hydrogens (tertiary/aromatic N) is 1. The molecule has 2 rings (SSSR count). The number of benzene rings is 1. The van der Waals surface area contributed by atoms with Gasteiger partial charge in [0.2, 0.25) is 0 Å². The van der Waals surface area contributed by atoms with E-state index in [4.69, 9.17) is 11.6 Å². The number of aryl methyl sites for hydroxylation is 1. The van der Waals surface area contributed by atoms with Gasteiger partial charge >= 0.3 is 0 Å². The summed E-state index contributed by atoms with van der Waals surface area (Å²) in [5, 5.41) is 5.41. The van der Waals surface area contributed by atoms with Gasteiger partial charge in [0.15, 0.2) is 0 Å². The number of fused-ring (bicyclic) bond motifs is 1. The van der Waals surface area contributed by atoms with Crippen molar-refractivity contribution in [3.63, 3.8) is 0 Å². The first-order chi connectivity index (χ1) is 8.18. The van der Waals surface area contributed by atoms with E-state index in [-0.39, 0.29) is 0 Å². The van der Waals surface area contributed by atoms with Gasteiger partial charge < -0.3 is 9.88 Å². The van der Waals surface area contributed by atoms with E-state index >= 15 is 0 Å². The van der Waals surface area contributed by atoms with Crippen LogP contribution in [0.25, 0.3) is 10.9 Å². The zero-order valence-corrected chi connectivity index (χ0v) is 11.2. The Kier molecular flexibility index (Phi) is 4.08. The molecule has 0 bridgehead atoms. The van der Waals surface area contributed by atoms with Gasteiger partial charge in [-0.3, -0.25) is 0 Å². The van der Waals surface area contributed by atoms with Gasteiger partial charge in [-0.1, -0.05) is 31.5 Å². The van der Waals surface area contributed by atoms with E-state index in [9.17, 15) is 0 Å². The Morgan fingerprint density at radius 1 is 1.29 bits per heavy atom. The van der Waals surface area contributed by atoms with Gasteiger partial charge in [-0.05, 0) is 31.2 Å². The molecule has 0 saturated heterocycles. The molecule has 1 N–H and O–H groups in total. The van der Waals surface area contributed by atoms with Gasteiger partial charge in [0, 0.05) is 34.7 Å². The molecule has 0 aliphatic heterocycles. The van der Waals surface area contributed by atoms with E-state index in [1.807, 2.05) is 12.1 Å². The fraction of sp³-hybridized carbons (Fsp3) is 0.429. The first-order valence-corrected chi connectivity index (χ1v) is 6.53. The fourth-order valence-electron chi connectivity index (χ4n) is 2.02. The van der Waals surface area contributed by atoms with Gasteiger partial charge in [0.05, 0.1) is 0 Å². The molecule has 2 aromatic rings. The van der Waals surface area contributed by atoms with Crippen LogP contribution in [0.2, 0.25) is 5.02 Å². The Labute approximate surface area is 108 Å². The van der Waals surface area contributed by atoms with Crippen LogP contribution in [0, 0.1) is 0 Å². The lowest BCUT2D eigenvalue weighted by Crippen LogP contribution is -2.24. The van der Waals surface area contributed by atoms with Gasteiger partial charge in [0.1, 0.15) is 0 Å². The Morgan fingerprint density at radius 2 is 2.12 bits per heavy atom. The molecule has 1 aromatic heterocycles. The molecule has 1 heterocycles. The molecule has 17 heavy (non-hydrogen) atoms. The molecule has 0 spiro atoms. The largest absolute Gasteiger partial charge is 0.347 e. The second-order valence-electron chi connectivity index (χ2n) is 4.64. The molecule has 0 aliphatic carbocycles. The summed E-state index contributed by atoms with van der Waals surface area (Å²) in [6.07, 6.45) is 3.25. The van der Waals surface area contributed by atoms with E-state index < -0.39 is 0 Å². The molecule has 1 aromatic carbocycles. The smallest absolute Gasteiger partial charge is 0.0499 e. The Hall–Kier alpha value is -0.990. The molecule has 0 atom stereocenters. The SMILES string of the molecule is CC(C)NCCCn1ccc2c(Cl)cccc21. The van der Waals surface area contributed by atoms with Crippen molar-refractivity contribution in [3.8, 4) is 0 Å². The van der Waals surface area contributed by atoms with Crippen LogP contribution in [0.3, 0.4) is 0 Å². The summed E-state index contributed by atoms with van der Waals surface area (Å²) in [6.45, 7) is 6.43. The standard InChI is InChI=1S/C14H19ClN2/c1-11(2)16-8-4-9-17-10-7-12-13(15)5-3-6-14(12)17/h3,5-7,10-11,16H,4,8-9H2,1-2H3. The van der Waals surface area contributed by atoms with Crippen molar-refractivity contribution in [2.24, 2.45) is 0 Å². The number of hydrogen-bond acceptors (Lipinski definition) is 1. The van der Waals surface area contributed by atoms with Gasteiger partial charge in [-0.2, -0.15) is 0 Å². The molecule has 0 aliphatic rings. The second-order valence-corrected chi connectivity index (χ2v) is 5.05. The maximum Gasteiger partial charge on any atom is 0.0499 e. The molecule has 0 saturated carbocycles. The predicted molar refractivity (Wildman–Crippen MR) is 74.7 cm³/mol. The molecule has 3 heteroatoms. The van der Waals surface area contributed by atoms with E-state index in [0.717, 1.165) is 29.9 Å². The highest BCUT2D eigenvalue weighted by molar-refractivity contribution is 6.35. The lowest BCUT2D eigenvalue weighted by Gasteiger charge is -2.09. The monoisotopic (exact) mass is 250 g/mol. The van der Waals surface area contributed by atoms with Crippen molar-refractivity contribution in [1.82, 2.24) is 9.88 Å². The zero-order valence-electron chi connectivity index (χ0n) is 10.4. The Balaban J connectivity index is 2.02. The number of nitrogens with one attached hydrogen (secondary N) is 1. The molecule has 0 unspecified atom stereocenters. The number of hydrogen-bond donors (Lipinski definition) is 1. The average Bonchev–Trinajstić information content (AvgIpc) is 2.69. The summed E-state index contributed by atoms with van der Waals surface area (Å²) in [5.41, 5.74) is 1.22. The number of halogens is 1. The van der Waals surface area contributed by atoms with Crippen LogP contribution in [0.5, 0.6) is 0 Å². The van der Waals surface area contributed by atoms with Crippen LogP contribution >= 0.6 is 11.6 Å². The van der Waals surface area contributed by atoms with E-state index in [0.29, 0.717) is 6.04 Å². The summed E-state index contributed by atoms with van der Waals surface area (Å²) in [7, 11) is 0. The predicted octanol–water partition coefficient (Wildman–Crippen LogP) is 3.68. The zero-order chi connectivity index (χ0) is 12.3. The van der Waals surface area contributed by atoms with Gasteiger partial charge in [-0.15, -0.1) is 0 Å². The topological polar surface area (TPSA) is 17.0 Å². The maximum atomic E-state index is 6.15. The minimum atomic E-state index is 0.561. The Morgan fingerprint density at radius 3 is 2.88 bits per heavy atom. The molecule has 0 amide bonds. The van der Waals surface area contributed by atoms with E-state index in [1.165, 1.54) is 5.52 Å². The normalized spacial score (nSPS) is 11.5. The number of rotatable bonds is 5. The average molecular weight is 251 g/mol. The molecule has 92 valence electrons. The van der Waals surface area contributed by atoms with Crippen molar-refractivity contribution in [3.05, 3.63) is 35.5 Å². The van der Waals surface area contributed by atoms with Crippen LogP contribution < -0.4 is 5.32 Å². The first-order valence-electron chi connectivity index (χ1n) is 6.15. The third-order valence-electron chi connectivity index (χ3n) is 2.89. The Bertz CT molecular complexity index is 488. The lowest BCUT2D eigenvalue weighted by atomic mass is 10.2. The van der Waals surface area contributed by atoms with Crippen LogP contribution in [-0.2, 0) is 6.54 Å². The highest BCUT2D eigenvalue weighted by Gasteiger charge is 2.03. The number of aromatic nitrogens is 1. The van der Waals surface area contributed by atoms with Crippen LogP contribution in [0.4, 0.5) is 0 Å². The van der Waals surface area contributed by atoms with Crippen LogP contribution in [0.1, 0.15) is 20.3 Å². The summed E-state index contributed by atoms with van der Waals surface area (Å²) < 4.78 is 2.27. The molecule has 0 radical (unpaired) electrons. The van der Waals surface area contributed by atoms with Crippen molar-refractivity contribution in [2.45, 2.75) is 32.9 Å². The molecular formula is C14H19ClN2. The molecule has 0 fully saturated rings. The van der Waals surface area contributed by atoms with Crippen molar-refractivity contribution in [2.75, 3.05) is 6.54 Å². The highest BCUT2D eigenvalue weighted by Crippen LogP contribution is 2.24. The van der Waals surface area contributed by atoms with Gasteiger partial charge in [-0.25, -0.2) is 0 Å².